The number of hydrogen-bond donors (Lipinski definition) is 1. The highest BCUT2D eigenvalue weighted by atomic mass is 79.9. The molecule has 2 aromatic carbocycles. The van der Waals surface area contributed by atoms with Crippen LogP contribution in [0.3, 0.4) is 0 Å². The zero-order chi connectivity index (χ0) is 23.3. The molecule has 0 aliphatic carbocycles. The topological polar surface area (TPSA) is 104 Å². The van der Waals surface area contributed by atoms with Gasteiger partial charge in [0.1, 0.15) is 18.1 Å². The number of rotatable bonds is 7. The second kappa shape index (κ2) is 10.3. The minimum Gasteiger partial charge on any atom is -0.484 e. The van der Waals surface area contributed by atoms with Crippen molar-refractivity contribution in [3.05, 3.63) is 80.7 Å². The van der Waals surface area contributed by atoms with Crippen LogP contribution in [0.15, 0.2) is 57.4 Å². The molecule has 10 heteroatoms. The third-order valence-corrected chi connectivity index (χ3v) is 4.97. The first kappa shape index (κ1) is 23.4. The second-order valence-corrected chi connectivity index (χ2v) is 7.69. The summed E-state index contributed by atoms with van der Waals surface area (Å²) >= 11 is 9.43. The summed E-state index contributed by atoms with van der Waals surface area (Å²) in [6.45, 7) is 0.0545. The summed E-state index contributed by atoms with van der Waals surface area (Å²) in [7, 11) is 2.42. The molecule has 32 heavy (non-hydrogen) atoms. The first-order chi connectivity index (χ1) is 15.3. The van der Waals surface area contributed by atoms with Gasteiger partial charge in [-0.2, -0.15) is 0 Å². The normalized spacial score (nSPS) is 10.4. The van der Waals surface area contributed by atoms with Crippen LogP contribution in [0, 0.1) is 0 Å². The number of ether oxygens (including phenoxy) is 3. The number of methoxy groups -OCH3 is 2. The molecule has 166 valence electrons. The molecule has 3 rings (SSSR count). The lowest BCUT2D eigenvalue weighted by molar-refractivity contribution is 0.0599. The molecule has 0 aliphatic heterocycles. The van der Waals surface area contributed by atoms with Gasteiger partial charge in [-0.15, -0.1) is 0 Å². The third kappa shape index (κ3) is 5.68. The summed E-state index contributed by atoms with van der Waals surface area (Å²) in [4.78, 5) is 36.4. The number of furan rings is 1. The van der Waals surface area contributed by atoms with Crippen LogP contribution in [0.2, 0.25) is 5.02 Å². The van der Waals surface area contributed by atoms with Crippen LogP contribution in [-0.2, 0) is 16.1 Å². The van der Waals surface area contributed by atoms with Gasteiger partial charge < -0.3 is 23.9 Å². The summed E-state index contributed by atoms with van der Waals surface area (Å²) < 4.78 is 21.3. The number of carbonyl (C=O) groups is 3. The lowest BCUT2D eigenvalue weighted by Gasteiger charge is -2.09. The Balaban J connectivity index is 1.73. The summed E-state index contributed by atoms with van der Waals surface area (Å²) in [6.07, 6.45) is 0. The maximum Gasteiger partial charge on any atom is 0.337 e. The number of benzene rings is 2. The van der Waals surface area contributed by atoms with Crippen LogP contribution in [0.25, 0.3) is 0 Å². The molecule has 8 nitrogen and oxygen atoms in total. The van der Waals surface area contributed by atoms with Gasteiger partial charge >= 0.3 is 11.9 Å². The smallest absolute Gasteiger partial charge is 0.337 e. The van der Waals surface area contributed by atoms with E-state index >= 15 is 0 Å². The lowest BCUT2D eigenvalue weighted by atomic mass is 10.1. The third-order valence-electron chi connectivity index (χ3n) is 4.18. The predicted molar refractivity (Wildman–Crippen MR) is 119 cm³/mol. The molecule has 0 fully saturated rings. The van der Waals surface area contributed by atoms with E-state index < -0.39 is 17.8 Å². The molecule has 0 atom stereocenters. The highest BCUT2D eigenvalue weighted by molar-refractivity contribution is 9.10. The van der Waals surface area contributed by atoms with Gasteiger partial charge in [-0.3, -0.25) is 4.79 Å². The van der Waals surface area contributed by atoms with E-state index in [0.29, 0.717) is 16.5 Å². The summed E-state index contributed by atoms with van der Waals surface area (Å²) in [6, 6.07) is 12.3. The Labute approximate surface area is 196 Å². The van der Waals surface area contributed by atoms with E-state index in [1.165, 1.54) is 38.5 Å². The number of hydrogen-bond acceptors (Lipinski definition) is 7. The minimum atomic E-state index is -0.671. The van der Waals surface area contributed by atoms with Gasteiger partial charge in [-0.1, -0.05) is 27.5 Å². The van der Waals surface area contributed by atoms with Crippen molar-refractivity contribution in [2.75, 3.05) is 19.5 Å². The van der Waals surface area contributed by atoms with Crippen LogP contribution in [0.1, 0.15) is 37.0 Å². The van der Waals surface area contributed by atoms with Gasteiger partial charge in [-0.05, 0) is 48.5 Å². The minimum absolute atomic E-state index is 0.00796. The van der Waals surface area contributed by atoms with Gasteiger partial charge in [0.25, 0.3) is 5.91 Å². The first-order valence-electron chi connectivity index (χ1n) is 9.10. The molecule has 0 radical (unpaired) electrons. The van der Waals surface area contributed by atoms with Gasteiger partial charge in [-0.25, -0.2) is 9.59 Å². The quantitative estimate of drug-likeness (QED) is 0.431. The molecule has 0 spiro atoms. The van der Waals surface area contributed by atoms with Crippen molar-refractivity contribution in [3.8, 4) is 5.75 Å². The molecule has 1 N–H and O–H groups in total. The highest BCUT2D eigenvalue weighted by Crippen LogP contribution is 2.28. The maximum absolute atomic E-state index is 12.6. The van der Waals surface area contributed by atoms with Crippen molar-refractivity contribution < 1.29 is 33.0 Å². The van der Waals surface area contributed by atoms with Crippen LogP contribution < -0.4 is 10.1 Å². The fraction of sp³-hybridized carbons (Fsp3) is 0.136. The Morgan fingerprint density at radius 2 is 1.62 bits per heavy atom. The Bertz CT molecular complexity index is 1140. The standard InChI is InChI=1S/C22H17BrClNO7/c1-29-21(27)12-7-13(22(28)30-2)9-15(8-12)25-20(26)19-6-4-16(32-19)11-31-18-5-3-14(23)10-17(18)24/h3-10H,11H2,1-2H3,(H,25,26). The molecule has 0 aliphatic rings. The molecular weight excluding hydrogens is 506 g/mol. The van der Waals surface area contributed by atoms with E-state index in [1.54, 1.807) is 24.3 Å². The van der Waals surface area contributed by atoms with Crippen LogP contribution in [0.5, 0.6) is 5.75 Å². The van der Waals surface area contributed by atoms with E-state index in [2.05, 4.69) is 30.7 Å². The van der Waals surface area contributed by atoms with E-state index in [4.69, 9.17) is 20.8 Å². The maximum atomic E-state index is 12.6. The fourth-order valence-corrected chi connectivity index (χ4v) is 3.41. The average Bonchev–Trinajstić information content (AvgIpc) is 3.26. The zero-order valence-corrected chi connectivity index (χ0v) is 19.3. The molecule has 0 bridgehead atoms. The Morgan fingerprint density at radius 1 is 0.969 bits per heavy atom. The largest absolute Gasteiger partial charge is 0.484 e. The van der Waals surface area contributed by atoms with Crippen molar-refractivity contribution in [2.45, 2.75) is 6.61 Å². The van der Waals surface area contributed by atoms with E-state index in [1.807, 2.05) is 0 Å². The van der Waals surface area contributed by atoms with Crippen molar-refractivity contribution in [3.63, 3.8) is 0 Å². The van der Waals surface area contributed by atoms with Crippen LogP contribution in [0.4, 0.5) is 5.69 Å². The Hall–Kier alpha value is -3.30. The van der Waals surface area contributed by atoms with E-state index in [-0.39, 0.29) is 29.2 Å². The molecule has 0 saturated heterocycles. The van der Waals surface area contributed by atoms with Crippen molar-refractivity contribution in [2.24, 2.45) is 0 Å². The van der Waals surface area contributed by atoms with Crippen LogP contribution >= 0.6 is 27.5 Å². The molecule has 3 aromatic rings. The predicted octanol–water partition coefficient (Wildman–Crippen LogP) is 5.10. The number of anilines is 1. The molecular formula is C22H17BrClNO7. The van der Waals surface area contributed by atoms with Crippen LogP contribution in [-0.4, -0.2) is 32.1 Å². The number of nitrogens with one attached hydrogen (secondary N) is 1. The SMILES string of the molecule is COC(=O)c1cc(NC(=O)c2ccc(COc3ccc(Br)cc3Cl)o2)cc(C(=O)OC)c1. The average molecular weight is 523 g/mol. The first-order valence-corrected chi connectivity index (χ1v) is 10.3. The van der Waals surface area contributed by atoms with Crippen molar-refractivity contribution in [1.82, 2.24) is 0 Å². The molecule has 1 amide bonds. The van der Waals surface area contributed by atoms with Gasteiger partial charge in [0, 0.05) is 10.2 Å². The van der Waals surface area contributed by atoms with Gasteiger partial charge in [0.15, 0.2) is 5.76 Å². The summed E-state index contributed by atoms with van der Waals surface area (Å²) in [5.74, 6) is -1.06. The fourth-order valence-electron chi connectivity index (χ4n) is 2.68. The number of esters is 2. The lowest BCUT2D eigenvalue weighted by Crippen LogP contribution is -2.13. The van der Waals surface area contributed by atoms with Crippen molar-refractivity contribution >= 4 is 51.1 Å². The van der Waals surface area contributed by atoms with E-state index in [9.17, 15) is 14.4 Å². The van der Waals surface area contributed by atoms with Gasteiger partial charge in [0.2, 0.25) is 0 Å². The summed E-state index contributed by atoms with van der Waals surface area (Å²) in [5, 5.41) is 3.01. The zero-order valence-electron chi connectivity index (χ0n) is 16.9. The molecule has 0 unspecified atom stereocenters. The number of amides is 1. The van der Waals surface area contributed by atoms with Crippen molar-refractivity contribution in [1.29, 1.82) is 0 Å². The summed E-state index contributed by atoms with van der Waals surface area (Å²) in [5.41, 5.74) is 0.338. The monoisotopic (exact) mass is 521 g/mol. The molecule has 1 aromatic heterocycles. The van der Waals surface area contributed by atoms with Gasteiger partial charge in [0.05, 0.1) is 30.4 Å². The highest BCUT2D eigenvalue weighted by Gasteiger charge is 2.17. The molecule has 1 heterocycles. The Morgan fingerprint density at radius 3 is 2.22 bits per heavy atom. The number of halogens is 2. The second-order valence-electron chi connectivity index (χ2n) is 6.37. The number of carbonyl (C=O) groups excluding carboxylic acids is 3. The molecule has 0 saturated carbocycles. The Kier molecular flexibility index (Phi) is 7.55. The van der Waals surface area contributed by atoms with E-state index in [0.717, 1.165) is 4.47 Å².